The maximum absolute atomic E-state index is 5.65. The maximum atomic E-state index is 5.65. The van der Waals surface area contributed by atoms with Crippen molar-refractivity contribution in [1.29, 1.82) is 0 Å². The fourth-order valence-electron chi connectivity index (χ4n) is 3.24. The third-order valence-electron chi connectivity index (χ3n) is 5.05. The van der Waals surface area contributed by atoms with Gasteiger partial charge in [-0.2, -0.15) is 4.98 Å². The number of anilines is 2. The van der Waals surface area contributed by atoms with Crippen LogP contribution in [0.4, 0.5) is 11.9 Å². The van der Waals surface area contributed by atoms with Gasteiger partial charge in [-0.15, -0.1) is 0 Å². The summed E-state index contributed by atoms with van der Waals surface area (Å²) in [5.74, 6) is 0.909. The summed E-state index contributed by atoms with van der Waals surface area (Å²) in [4.78, 5) is 24.7. The zero-order chi connectivity index (χ0) is 19.0. The zero-order valence-electron chi connectivity index (χ0n) is 15.8. The van der Waals surface area contributed by atoms with E-state index in [-0.39, 0.29) is 18.0 Å². The lowest BCUT2D eigenvalue weighted by Crippen LogP contribution is -2.44. The summed E-state index contributed by atoms with van der Waals surface area (Å²) in [6.07, 6.45) is 6.18. The van der Waals surface area contributed by atoms with Crippen molar-refractivity contribution in [1.82, 2.24) is 29.5 Å². The molecule has 3 aromatic heterocycles. The summed E-state index contributed by atoms with van der Waals surface area (Å²) < 4.78 is 7.67. The second kappa shape index (κ2) is 7.07. The van der Waals surface area contributed by atoms with E-state index in [2.05, 4.69) is 45.2 Å². The summed E-state index contributed by atoms with van der Waals surface area (Å²) in [5, 5.41) is 0. The topological polar surface area (TPSA) is 108 Å². The van der Waals surface area contributed by atoms with Crippen LogP contribution in [0, 0.1) is 0 Å². The van der Waals surface area contributed by atoms with Crippen LogP contribution in [0.5, 0.6) is 0 Å². The van der Waals surface area contributed by atoms with E-state index in [0.29, 0.717) is 19.2 Å². The van der Waals surface area contributed by atoms with Crippen molar-refractivity contribution in [3.05, 3.63) is 18.7 Å². The molecule has 0 aliphatic carbocycles. The maximum Gasteiger partial charge on any atom is 0.228 e. The Morgan fingerprint density at radius 1 is 1.26 bits per heavy atom. The highest BCUT2D eigenvalue weighted by Crippen LogP contribution is 2.29. The molecule has 1 fully saturated rings. The first-order valence-corrected chi connectivity index (χ1v) is 9.25. The van der Waals surface area contributed by atoms with Crippen molar-refractivity contribution in [3.8, 4) is 11.3 Å². The average Bonchev–Trinajstić information content (AvgIpc) is 3.12. The molecular weight excluding hydrogens is 344 g/mol. The molecule has 1 saturated heterocycles. The van der Waals surface area contributed by atoms with Crippen LogP contribution < -0.4 is 10.6 Å². The number of ether oxygens (including phenoxy) is 1. The number of aromatic nitrogens is 6. The number of fused-ring (bicyclic) bond motifs is 1. The van der Waals surface area contributed by atoms with Crippen LogP contribution in [0.15, 0.2) is 18.7 Å². The first kappa shape index (κ1) is 17.6. The molecule has 9 nitrogen and oxygen atoms in total. The van der Waals surface area contributed by atoms with E-state index in [1.165, 1.54) is 0 Å². The number of morpholine rings is 1. The molecule has 1 aliphatic rings. The minimum absolute atomic E-state index is 0.201. The molecule has 4 rings (SSSR count). The average molecular weight is 368 g/mol. The third-order valence-corrected chi connectivity index (χ3v) is 5.05. The quantitative estimate of drug-likeness (QED) is 0.745. The predicted octanol–water partition coefficient (Wildman–Crippen LogP) is 2.06. The number of nitrogen functional groups attached to an aromatic ring is 1. The molecule has 2 unspecified atom stereocenters. The summed E-state index contributed by atoms with van der Waals surface area (Å²) in [5.41, 5.74) is 8.70. The Hall–Kier alpha value is -2.81. The Labute approximate surface area is 157 Å². The van der Waals surface area contributed by atoms with Crippen molar-refractivity contribution < 1.29 is 4.74 Å². The van der Waals surface area contributed by atoms with Gasteiger partial charge in [0, 0.05) is 30.5 Å². The lowest BCUT2D eigenvalue weighted by atomic mass is 10.2. The van der Waals surface area contributed by atoms with Crippen molar-refractivity contribution in [2.24, 2.45) is 0 Å². The first-order valence-electron chi connectivity index (χ1n) is 9.25. The number of hydrogen-bond acceptors (Lipinski definition) is 8. The number of imidazole rings is 1. The molecule has 0 radical (unpaired) electrons. The Bertz CT molecular complexity index is 938. The van der Waals surface area contributed by atoms with Gasteiger partial charge in [0.15, 0.2) is 5.65 Å². The second-order valence-corrected chi connectivity index (χ2v) is 6.90. The van der Waals surface area contributed by atoms with Gasteiger partial charge >= 0.3 is 0 Å². The van der Waals surface area contributed by atoms with E-state index in [1.54, 1.807) is 12.4 Å². The minimum atomic E-state index is 0.201. The smallest absolute Gasteiger partial charge is 0.228 e. The standard InChI is InChI=1S/C18H24N8O/c1-4-11(2)26-10-22-15-14(13-7-20-17(19)21-8-13)23-18(24-16(15)26)25-5-6-27-9-12(25)3/h7-8,10-12H,4-6,9H2,1-3H3,(H2,19,20,21). The molecular formula is C18H24N8O. The summed E-state index contributed by atoms with van der Waals surface area (Å²) in [6, 6.07) is 0.488. The van der Waals surface area contributed by atoms with Gasteiger partial charge in [0.1, 0.15) is 11.2 Å². The molecule has 9 heteroatoms. The molecule has 3 aromatic rings. The van der Waals surface area contributed by atoms with Crippen LogP contribution in [0.2, 0.25) is 0 Å². The van der Waals surface area contributed by atoms with Crippen molar-refractivity contribution in [3.63, 3.8) is 0 Å². The number of hydrogen-bond donors (Lipinski definition) is 1. The van der Waals surface area contributed by atoms with Gasteiger partial charge in [-0.3, -0.25) is 0 Å². The van der Waals surface area contributed by atoms with Crippen molar-refractivity contribution in [2.75, 3.05) is 30.4 Å². The van der Waals surface area contributed by atoms with Gasteiger partial charge in [-0.25, -0.2) is 19.9 Å². The highest BCUT2D eigenvalue weighted by Gasteiger charge is 2.25. The molecule has 0 bridgehead atoms. The molecule has 1 aliphatic heterocycles. The van der Waals surface area contributed by atoms with E-state index in [0.717, 1.165) is 35.4 Å². The van der Waals surface area contributed by atoms with Gasteiger partial charge in [-0.1, -0.05) is 6.92 Å². The fourth-order valence-corrected chi connectivity index (χ4v) is 3.24. The Kier molecular flexibility index (Phi) is 4.61. The largest absolute Gasteiger partial charge is 0.377 e. The predicted molar refractivity (Wildman–Crippen MR) is 103 cm³/mol. The number of nitrogens with two attached hydrogens (primary N) is 1. The van der Waals surface area contributed by atoms with Crippen LogP contribution in [0.3, 0.4) is 0 Å². The van der Waals surface area contributed by atoms with Gasteiger partial charge in [0.05, 0.1) is 25.6 Å². The van der Waals surface area contributed by atoms with Gasteiger partial charge in [0.2, 0.25) is 11.9 Å². The zero-order valence-corrected chi connectivity index (χ0v) is 15.8. The molecule has 142 valence electrons. The lowest BCUT2D eigenvalue weighted by molar-refractivity contribution is 0.0981. The van der Waals surface area contributed by atoms with Crippen molar-refractivity contribution in [2.45, 2.75) is 39.3 Å². The fraction of sp³-hybridized carbons (Fsp3) is 0.500. The summed E-state index contributed by atoms with van der Waals surface area (Å²) in [6.45, 7) is 8.50. The number of nitrogens with zero attached hydrogens (tertiary/aromatic N) is 7. The Morgan fingerprint density at radius 3 is 2.74 bits per heavy atom. The van der Waals surface area contributed by atoms with Gasteiger partial charge in [0.25, 0.3) is 0 Å². The number of rotatable bonds is 4. The minimum Gasteiger partial charge on any atom is -0.377 e. The monoisotopic (exact) mass is 368 g/mol. The van der Waals surface area contributed by atoms with Crippen LogP contribution in [-0.2, 0) is 4.74 Å². The normalized spacial score (nSPS) is 18.8. The SMILES string of the molecule is CCC(C)n1cnc2c(-c3cnc(N)nc3)nc(N3CCOCC3C)nc21. The van der Waals surface area contributed by atoms with E-state index in [1.807, 2.05) is 6.33 Å². The van der Waals surface area contributed by atoms with Crippen molar-refractivity contribution >= 4 is 23.1 Å². The molecule has 2 N–H and O–H groups in total. The second-order valence-electron chi connectivity index (χ2n) is 6.90. The first-order chi connectivity index (χ1) is 13.1. The Balaban J connectivity index is 1.92. The molecule has 4 heterocycles. The van der Waals surface area contributed by atoms with E-state index in [9.17, 15) is 0 Å². The Morgan fingerprint density at radius 2 is 2.04 bits per heavy atom. The molecule has 0 amide bonds. The van der Waals surface area contributed by atoms with Crippen LogP contribution in [0.25, 0.3) is 22.4 Å². The lowest BCUT2D eigenvalue weighted by Gasteiger charge is -2.33. The molecule has 0 spiro atoms. The molecule has 0 aromatic carbocycles. The molecule has 27 heavy (non-hydrogen) atoms. The van der Waals surface area contributed by atoms with Gasteiger partial charge in [-0.05, 0) is 20.3 Å². The third kappa shape index (κ3) is 3.18. The molecule has 2 atom stereocenters. The van der Waals surface area contributed by atoms with Crippen LogP contribution in [-0.4, -0.2) is 55.3 Å². The van der Waals surface area contributed by atoms with E-state index < -0.39 is 0 Å². The highest BCUT2D eigenvalue weighted by molar-refractivity contribution is 5.88. The summed E-state index contributed by atoms with van der Waals surface area (Å²) in [7, 11) is 0. The van der Waals surface area contributed by atoms with Gasteiger partial charge < -0.3 is 19.9 Å². The highest BCUT2D eigenvalue weighted by atomic mass is 16.5. The van der Waals surface area contributed by atoms with Crippen LogP contribution in [0.1, 0.15) is 33.2 Å². The van der Waals surface area contributed by atoms with Crippen LogP contribution >= 0.6 is 0 Å². The molecule has 0 saturated carbocycles. The van der Waals surface area contributed by atoms with E-state index >= 15 is 0 Å². The van der Waals surface area contributed by atoms with E-state index in [4.69, 9.17) is 20.4 Å². The summed E-state index contributed by atoms with van der Waals surface area (Å²) >= 11 is 0.